The number of anilines is 1. The van der Waals surface area contributed by atoms with E-state index in [1.807, 2.05) is 20.8 Å². The molecule has 1 N–H and O–H groups in total. The first-order valence-corrected chi connectivity index (χ1v) is 4.98. The third-order valence-electron chi connectivity index (χ3n) is 1.54. The molecule has 14 heavy (non-hydrogen) atoms. The third-order valence-corrected chi connectivity index (χ3v) is 1.95. The molecule has 0 radical (unpaired) electrons. The average Bonchev–Trinajstić information content (AvgIpc) is 2.07. The van der Waals surface area contributed by atoms with Crippen molar-refractivity contribution in [1.29, 1.82) is 0 Å². The first kappa shape index (κ1) is 11.1. The highest BCUT2D eigenvalue weighted by molar-refractivity contribution is 9.10. The van der Waals surface area contributed by atoms with E-state index in [1.165, 1.54) is 12.4 Å². The molecule has 0 saturated carbocycles. The van der Waals surface area contributed by atoms with Crippen LogP contribution >= 0.6 is 15.9 Å². The minimum Gasteiger partial charge on any atom is -0.309 e. The summed E-state index contributed by atoms with van der Waals surface area (Å²) in [5.74, 6) is 0.391. The van der Waals surface area contributed by atoms with Crippen LogP contribution in [0.4, 0.5) is 5.82 Å². The van der Waals surface area contributed by atoms with E-state index in [2.05, 4.69) is 31.2 Å². The zero-order chi connectivity index (χ0) is 10.8. The van der Waals surface area contributed by atoms with Crippen molar-refractivity contribution in [2.24, 2.45) is 5.41 Å². The Kier molecular flexibility index (Phi) is 3.21. The van der Waals surface area contributed by atoms with E-state index in [1.54, 1.807) is 0 Å². The SMILES string of the molecule is CC(C)(C)C(=O)Nc1cnc(Br)cn1. The van der Waals surface area contributed by atoms with Gasteiger partial charge in [-0.2, -0.15) is 0 Å². The second kappa shape index (κ2) is 4.04. The topological polar surface area (TPSA) is 54.9 Å². The summed E-state index contributed by atoms with van der Waals surface area (Å²) in [6, 6.07) is 0. The lowest BCUT2D eigenvalue weighted by atomic mass is 9.96. The van der Waals surface area contributed by atoms with Crippen LogP contribution in [-0.4, -0.2) is 15.9 Å². The number of aromatic nitrogens is 2. The quantitative estimate of drug-likeness (QED) is 0.840. The highest BCUT2D eigenvalue weighted by Crippen LogP contribution is 2.16. The van der Waals surface area contributed by atoms with E-state index in [9.17, 15) is 4.79 Å². The van der Waals surface area contributed by atoms with Gasteiger partial charge in [-0.25, -0.2) is 9.97 Å². The van der Waals surface area contributed by atoms with E-state index in [4.69, 9.17) is 0 Å². The van der Waals surface area contributed by atoms with Gasteiger partial charge in [0.25, 0.3) is 0 Å². The highest BCUT2D eigenvalue weighted by atomic mass is 79.9. The van der Waals surface area contributed by atoms with Crippen molar-refractivity contribution in [3.8, 4) is 0 Å². The smallest absolute Gasteiger partial charge is 0.230 e. The Morgan fingerprint density at radius 1 is 1.36 bits per heavy atom. The Hall–Kier alpha value is -0.970. The molecule has 0 aliphatic heterocycles. The number of hydrogen-bond acceptors (Lipinski definition) is 3. The normalized spacial score (nSPS) is 11.1. The van der Waals surface area contributed by atoms with Crippen LogP contribution in [0.2, 0.25) is 0 Å². The van der Waals surface area contributed by atoms with Crippen molar-refractivity contribution in [2.45, 2.75) is 20.8 Å². The lowest BCUT2D eigenvalue weighted by molar-refractivity contribution is -0.123. The Morgan fingerprint density at radius 2 is 2.00 bits per heavy atom. The molecular formula is C9H12BrN3O. The zero-order valence-corrected chi connectivity index (χ0v) is 9.92. The van der Waals surface area contributed by atoms with Gasteiger partial charge < -0.3 is 5.32 Å². The Morgan fingerprint density at radius 3 is 2.43 bits per heavy atom. The fourth-order valence-corrected chi connectivity index (χ4v) is 0.885. The van der Waals surface area contributed by atoms with Gasteiger partial charge in [-0.1, -0.05) is 20.8 Å². The molecule has 1 aromatic rings. The van der Waals surface area contributed by atoms with Gasteiger partial charge >= 0.3 is 0 Å². The number of carbonyl (C=O) groups excluding carboxylic acids is 1. The molecule has 1 rings (SSSR count). The van der Waals surface area contributed by atoms with Crippen LogP contribution in [0, 0.1) is 5.41 Å². The molecule has 0 aliphatic rings. The van der Waals surface area contributed by atoms with Crippen molar-refractivity contribution in [1.82, 2.24) is 9.97 Å². The van der Waals surface area contributed by atoms with E-state index in [0.717, 1.165) is 0 Å². The molecule has 0 spiro atoms. The molecule has 0 atom stereocenters. The van der Waals surface area contributed by atoms with Gasteiger partial charge in [-0.3, -0.25) is 4.79 Å². The van der Waals surface area contributed by atoms with Gasteiger partial charge in [0.2, 0.25) is 5.91 Å². The maximum absolute atomic E-state index is 11.5. The van der Waals surface area contributed by atoms with Gasteiger partial charge in [0, 0.05) is 5.41 Å². The molecule has 0 bridgehead atoms. The molecular weight excluding hydrogens is 246 g/mol. The zero-order valence-electron chi connectivity index (χ0n) is 8.34. The van der Waals surface area contributed by atoms with Crippen LogP contribution in [0.15, 0.2) is 17.0 Å². The lowest BCUT2D eigenvalue weighted by Gasteiger charge is -2.16. The predicted octanol–water partition coefficient (Wildman–Crippen LogP) is 2.22. The van der Waals surface area contributed by atoms with Crippen molar-refractivity contribution < 1.29 is 4.79 Å². The van der Waals surface area contributed by atoms with Crippen molar-refractivity contribution in [2.75, 3.05) is 5.32 Å². The van der Waals surface area contributed by atoms with Gasteiger partial charge in [0.1, 0.15) is 4.60 Å². The maximum Gasteiger partial charge on any atom is 0.230 e. The minimum absolute atomic E-state index is 0.0749. The van der Waals surface area contributed by atoms with E-state index in [-0.39, 0.29) is 5.91 Å². The van der Waals surface area contributed by atoms with E-state index >= 15 is 0 Å². The summed E-state index contributed by atoms with van der Waals surface area (Å²) in [4.78, 5) is 19.5. The van der Waals surface area contributed by atoms with Gasteiger partial charge in [0.15, 0.2) is 5.82 Å². The standard InChI is InChI=1S/C9H12BrN3O/c1-9(2,3)8(14)13-7-5-11-6(10)4-12-7/h4-5H,1-3H3,(H,12,13,14). The van der Waals surface area contributed by atoms with Gasteiger partial charge in [-0.15, -0.1) is 0 Å². The van der Waals surface area contributed by atoms with Crippen LogP contribution in [0.1, 0.15) is 20.8 Å². The molecule has 76 valence electrons. The number of rotatable bonds is 1. The molecule has 0 aliphatic carbocycles. The number of nitrogens with zero attached hydrogens (tertiary/aromatic N) is 2. The van der Waals surface area contributed by atoms with Crippen LogP contribution in [0.25, 0.3) is 0 Å². The second-order valence-electron chi connectivity index (χ2n) is 3.93. The molecule has 1 aromatic heterocycles. The van der Waals surface area contributed by atoms with E-state index < -0.39 is 5.41 Å². The lowest BCUT2D eigenvalue weighted by Crippen LogP contribution is -2.28. The van der Waals surface area contributed by atoms with Crippen molar-refractivity contribution in [3.63, 3.8) is 0 Å². The number of hydrogen-bond donors (Lipinski definition) is 1. The van der Waals surface area contributed by atoms with Crippen LogP contribution in [-0.2, 0) is 4.79 Å². The Bertz CT molecular complexity index is 329. The minimum atomic E-state index is -0.422. The maximum atomic E-state index is 11.5. The predicted molar refractivity (Wildman–Crippen MR) is 57.8 cm³/mol. The molecule has 1 amide bonds. The van der Waals surface area contributed by atoms with Gasteiger partial charge in [-0.05, 0) is 15.9 Å². The van der Waals surface area contributed by atoms with E-state index in [0.29, 0.717) is 10.4 Å². The molecule has 0 saturated heterocycles. The van der Waals surface area contributed by atoms with Crippen molar-refractivity contribution in [3.05, 3.63) is 17.0 Å². The van der Waals surface area contributed by atoms with Crippen LogP contribution < -0.4 is 5.32 Å². The first-order chi connectivity index (χ1) is 6.39. The number of amides is 1. The monoisotopic (exact) mass is 257 g/mol. The average molecular weight is 258 g/mol. The van der Waals surface area contributed by atoms with Crippen molar-refractivity contribution >= 4 is 27.7 Å². The number of nitrogens with one attached hydrogen (secondary N) is 1. The van der Waals surface area contributed by atoms with Crippen LogP contribution in [0.3, 0.4) is 0 Å². The summed E-state index contributed by atoms with van der Waals surface area (Å²) in [5, 5.41) is 2.68. The largest absolute Gasteiger partial charge is 0.309 e. The molecule has 5 heteroatoms. The van der Waals surface area contributed by atoms with Gasteiger partial charge in [0.05, 0.1) is 12.4 Å². The third kappa shape index (κ3) is 3.06. The Balaban J connectivity index is 2.71. The molecule has 0 aromatic carbocycles. The molecule has 4 nitrogen and oxygen atoms in total. The summed E-state index contributed by atoms with van der Waals surface area (Å²) in [6.45, 7) is 5.53. The molecule has 0 unspecified atom stereocenters. The van der Waals surface area contributed by atoms with Crippen LogP contribution in [0.5, 0.6) is 0 Å². The summed E-state index contributed by atoms with van der Waals surface area (Å²) in [7, 11) is 0. The fourth-order valence-electron chi connectivity index (χ4n) is 0.681. The molecule has 1 heterocycles. The summed E-state index contributed by atoms with van der Waals surface area (Å²) in [5.41, 5.74) is -0.422. The molecule has 0 fully saturated rings. The second-order valence-corrected chi connectivity index (χ2v) is 4.74. The number of halogens is 1. The number of carbonyl (C=O) groups is 1. The Labute approximate surface area is 91.3 Å². The summed E-state index contributed by atoms with van der Waals surface area (Å²) < 4.78 is 0.645. The summed E-state index contributed by atoms with van der Waals surface area (Å²) >= 11 is 3.16. The fraction of sp³-hybridized carbons (Fsp3) is 0.444. The highest BCUT2D eigenvalue weighted by Gasteiger charge is 2.21. The summed E-state index contributed by atoms with van der Waals surface area (Å²) in [6.07, 6.45) is 3.05. The first-order valence-electron chi connectivity index (χ1n) is 4.18.